The van der Waals surface area contributed by atoms with Crippen molar-refractivity contribution in [1.29, 1.82) is 0 Å². The predicted molar refractivity (Wildman–Crippen MR) is 193 cm³/mol. The Hall–Kier alpha value is -3.69. The molecule has 1 unspecified atom stereocenters. The molecule has 47 heavy (non-hydrogen) atoms. The number of amides is 1. The van der Waals surface area contributed by atoms with Crippen molar-refractivity contribution in [2.45, 2.75) is 116 Å². The molecule has 1 saturated carbocycles. The Morgan fingerprint density at radius 2 is 1.89 bits per heavy atom. The summed E-state index contributed by atoms with van der Waals surface area (Å²) < 4.78 is 7.48. The Labute approximate surface area is 281 Å². The van der Waals surface area contributed by atoms with E-state index in [1.165, 1.54) is 31.2 Å². The van der Waals surface area contributed by atoms with Crippen LogP contribution in [-0.2, 0) is 21.5 Å². The molecule has 1 atom stereocenters. The number of fused-ring (bicyclic) bond motifs is 2. The number of aromatic nitrogens is 3. The van der Waals surface area contributed by atoms with Gasteiger partial charge in [0, 0.05) is 42.1 Å². The average Bonchev–Trinajstić information content (AvgIpc) is 3.57. The maximum atomic E-state index is 14.9. The Morgan fingerprint density at radius 1 is 1.06 bits per heavy atom. The Kier molecular flexibility index (Phi) is 10.6. The first-order valence-corrected chi connectivity index (χ1v) is 18.2. The number of ether oxygens (including phenoxy) is 1. The lowest BCUT2D eigenvalue weighted by Gasteiger charge is -2.40. The number of pyridine rings is 1. The van der Waals surface area contributed by atoms with E-state index >= 15 is 0 Å². The van der Waals surface area contributed by atoms with Crippen LogP contribution in [0.15, 0.2) is 49.3 Å². The van der Waals surface area contributed by atoms with Gasteiger partial charge in [0.1, 0.15) is 0 Å². The molecular formula is C41H52N4O2. The minimum atomic E-state index is -0.510. The monoisotopic (exact) mass is 632 g/mol. The van der Waals surface area contributed by atoms with Crippen LogP contribution in [0.3, 0.4) is 0 Å². The first-order chi connectivity index (χ1) is 23.0. The van der Waals surface area contributed by atoms with Crippen LogP contribution in [0.5, 0.6) is 0 Å². The number of benzene rings is 1. The summed E-state index contributed by atoms with van der Waals surface area (Å²) in [4.78, 5) is 26.8. The standard InChI is InChI=1S/C41H52N4O2/c1-5-9-11-12-13-14-17-30-23-33(24-30)45-38-25-32(36-26-37-39(35(7-3)43-36)44(8-4)29-42-37)19-20-34(38)41(40(45)46,21-10-6-2)22-16-15-18-31-27-47-28-31/h7,15,18-20,25-26,29-31,33H,3,5-6,8-13,16,21-24,27-28H2,1-2,4H3/b18-15+. The molecule has 1 aromatic carbocycles. The quantitative estimate of drug-likeness (QED) is 0.0952. The second-order valence-electron chi connectivity index (χ2n) is 13.8. The van der Waals surface area contributed by atoms with E-state index in [2.05, 4.69) is 85.1 Å². The molecule has 1 amide bonds. The van der Waals surface area contributed by atoms with Gasteiger partial charge in [-0.3, -0.25) is 4.79 Å². The number of hydrogen-bond acceptors (Lipinski definition) is 4. The number of allylic oxidation sites excluding steroid dienone is 1. The summed E-state index contributed by atoms with van der Waals surface area (Å²) in [6, 6.07) is 8.89. The Bertz CT molecular complexity index is 1670. The van der Waals surface area contributed by atoms with Gasteiger partial charge in [0.15, 0.2) is 0 Å². The van der Waals surface area contributed by atoms with Crippen molar-refractivity contribution in [2.24, 2.45) is 11.8 Å². The lowest BCUT2D eigenvalue weighted by atomic mass is 9.73. The number of anilines is 1. The summed E-state index contributed by atoms with van der Waals surface area (Å²) in [6.45, 7) is 13.1. The van der Waals surface area contributed by atoms with Gasteiger partial charge in [-0.25, -0.2) is 9.97 Å². The molecule has 6 rings (SSSR count). The first kappa shape index (κ1) is 33.2. The van der Waals surface area contributed by atoms with Crippen molar-refractivity contribution >= 4 is 28.7 Å². The number of carbonyl (C=O) groups excluding carboxylic acids is 1. The number of hydrogen-bond donors (Lipinski definition) is 0. The van der Waals surface area contributed by atoms with Crippen molar-refractivity contribution in [3.63, 3.8) is 0 Å². The molecule has 3 aromatic rings. The van der Waals surface area contributed by atoms with Gasteiger partial charge in [-0.1, -0.05) is 82.7 Å². The topological polar surface area (TPSA) is 60.3 Å². The van der Waals surface area contributed by atoms with Crippen molar-refractivity contribution in [3.8, 4) is 23.1 Å². The molecule has 0 N–H and O–H groups in total. The molecule has 0 spiro atoms. The molecule has 6 heteroatoms. The fourth-order valence-corrected chi connectivity index (χ4v) is 7.61. The SMILES string of the molecule is C=Cc1nc(-c2ccc3c(c2)N(C2CC(C#CCCCCCC)C2)C(=O)C3(CC/C=C/C2COC2)CCCC)cc2ncn(CC)c12. The highest BCUT2D eigenvalue weighted by Crippen LogP contribution is 2.52. The van der Waals surface area contributed by atoms with Crippen molar-refractivity contribution in [3.05, 3.63) is 60.6 Å². The van der Waals surface area contributed by atoms with Gasteiger partial charge in [-0.05, 0) is 69.2 Å². The van der Waals surface area contributed by atoms with Crippen LogP contribution in [-0.4, -0.2) is 39.7 Å². The zero-order valence-electron chi connectivity index (χ0n) is 28.8. The highest BCUT2D eigenvalue weighted by molar-refractivity contribution is 6.09. The fraction of sp³-hybridized carbons (Fsp3) is 0.537. The number of aryl methyl sites for hydroxylation is 1. The second kappa shape index (κ2) is 15.0. The third-order valence-corrected chi connectivity index (χ3v) is 10.6. The predicted octanol–water partition coefficient (Wildman–Crippen LogP) is 9.27. The maximum Gasteiger partial charge on any atom is 0.237 e. The van der Waals surface area contributed by atoms with Crippen LogP contribution in [0.4, 0.5) is 5.69 Å². The number of imidazole rings is 1. The lowest BCUT2D eigenvalue weighted by Crippen LogP contribution is -2.50. The summed E-state index contributed by atoms with van der Waals surface area (Å²) in [5.74, 6) is 8.17. The van der Waals surface area contributed by atoms with Crippen LogP contribution >= 0.6 is 0 Å². The molecule has 4 heterocycles. The van der Waals surface area contributed by atoms with Crippen LogP contribution in [0.2, 0.25) is 0 Å². The fourth-order valence-electron chi connectivity index (χ4n) is 7.61. The normalized spacial score (nSPS) is 22.3. The second-order valence-corrected chi connectivity index (χ2v) is 13.8. The number of carbonyl (C=O) groups is 1. The smallest absolute Gasteiger partial charge is 0.237 e. The first-order valence-electron chi connectivity index (χ1n) is 18.2. The minimum absolute atomic E-state index is 0.182. The zero-order valence-corrected chi connectivity index (χ0v) is 28.8. The summed E-state index contributed by atoms with van der Waals surface area (Å²) in [6.07, 6.45) is 20.8. The highest BCUT2D eigenvalue weighted by atomic mass is 16.5. The molecule has 6 nitrogen and oxygen atoms in total. The summed E-state index contributed by atoms with van der Waals surface area (Å²) in [5, 5.41) is 0. The minimum Gasteiger partial charge on any atom is -0.380 e. The summed E-state index contributed by atoms with van der Waals surface area (Å²) >= 11 is 0. The number of rotatable bonds is 15. The number of unbranched alkanes of at least 4 members (excludes halogenated alkanes) is 5. The molecule has 2 fully saturated rings. The van der Waals surface area contributed by atoms with Crippen molar-refractivity contribution < 1.29 is 9.53 Å². The number of nitrogens with zero attached hydrogens (tertiary/aromatic N) is 4. The van der Waals surface area contributed by atoms with E-state index in [-0.39, 0.29) is 11.9 Å². The van der Waals surface area contributed by atoms with Gasteiger partial charge in [-0.2, -0.15) is 0 Å². The molecular weight excluding hydrogens is 580 g/mol. The molecule has 1 aliphatic carbocycles. The molecule has 248 valence electrons. The molecule has 3 aliphatic rings. The van der Waals surface area contributed by atoms with E-state index in [9.17, 15) is 4.79 Å². The molecule has 0 bridgehead atoms. The molecule has 0 radical (unpaired) electrons. The van der Waals surface area contributed by atoms with Gasteiger partial charge < -0.3 is 14.2 Å². The van der Waals surface area contributed by atoms with Gasteiger partial charge in [0.25, 0.3) is 0 Å². The van der Waals surface area contributed by atoms with E-state index < -0.39 is 5.41 Å². The van der Waals surface area contributed by atoms with Crippen LogP contribution in [0, 0.1) is 23.7 Å². The average molecular weight is 633 g/mol. The Morgan fingerprint density at radius 3 is 2.62 bits per heavy atom. The van der Waals surface area contributed by atoms with E-state index in [4.69, 9.17) is 14.7 Å². The highest BCUT2D eigenvalue weighted by Gasteiger charge is 2.53. The van der Waals surface area contributed by atoms with Crippen LogP contribution in [0.25, 0.3) is 28.4 Å². The summed E-state index contributed by atoms with van der Waals surface area (Å²) in [5.41, 5.74) is 6.37. The van der Waals surface area contributed by atoms with Crippen LogP contribution < -0.4 is 4.90 Å². The van der Waals surface area contributed by atoms with Gasteiger partial charge in [-0.15, -0.1) is 5.92 Å². The van der Waals surface area contributed by atoms with E-state index in [0.717, 1.165) is 105 Å². The zero-order chi connectivity index (χ0) is 32.8. The third kappa shape index (κ3) is 6.70. The van der Waals surface area contributed by atoms with Gasteiger partial charge in [0.2, 0.25) is 5.91 Å². The van der Waals surface area contributed by atoms with Gasteiger partial charge >= 0.3 is 0 Å². The van der Waals surface area contributed by atoms with Gasteiger partial charge in [0.05, 0.1) is 47.4 Å². The lowest BCUT2D eigenvalue weighted by molar-refractivity contribution is -0.124. The van der Waals surface area contributed by atoms with Crippen molar-refractivity contribution in [2.75, 3.05) is 18.1 Å². The van der Waals surface area contributed by atoms with E-state index in [1.54, 1.807) is 0 Å². The van der Waals surface area contributed by atoms with E-state index in [0.29, 0.717) is 11.8 Å². The molecule has 2 aromatic heterocycles. The summed E-state index contributed by atoms with van der Waals surface area (Å²) in [7, 11) is 0. The molecule has 2 aliphatic heterocycles. The van der Waals surface area contributed by atoms with Crippen molar-refractivity contribution in [1.82, 2.24) is 14.5 Å². The maximum absolute atomic E-state index is 14.9. The molecule has 1 saturated heterocycles. The Balaban J connectivity index is 1.33. The van der Waals surface area contributed by atoms with Crippen LogP contribution in [0.1, 0.15) is 109 Å². The van der Waals surface area contributed by atoms with E-state index in [1.807, 2.05) is 12.4 Å². The third-order valence-electron chi connectivity index (χ3n) is 10.6. The largest absolute Gasteiger partial charge is 0.380 e.